The van der Waals surface area contributed by atoms with Gasteiger partial charge in [0.15, 0.2) is 0 Å². The average molecular weight is 1680 g/mol. The first-order valence-electron chi connectivity index (χ1n) is 49.7. The Morgan fingerprint density at radius 3 is 1.05 bits per heavy atom. The Bertz CT molecular complexity index is 8170. The molecule has 22 rings (SSSR count). The van der Waals surface area contributed by atoms with E-state index in [2.05, 4.69) is 396 Å². The molecule has 2 aliphatic rings. The first-order chi connectivity index (χ1) is 65.9. The Morgan fingerprint density at radius 1 is 0.240 bits per heavy atom. The normalized spacial score (nSPS) is 14.0. The van der Waals surface area contributed by atoms with Crippen molar-refractivity contribution in [3.8, 4) is 61.6 Å². The quantitative estimate of drug-likeness (QED) is 0.114. The monoisotopic (exact) mass is 1680 g/mol. The number of para-hydroxylation sites is 3. The molecule has 0 saturated carbocycles. The molecule has 0 spiro atoms. The highest BCUT2D eigenvalue weighted by Gasteiger charge is 2.46. The van der Waals surface area contributed by atoms with Crippen LogP contribution in [0, 0.1) is 0 Å². The van der Waals surface area contributed by atoms with Crippen molar-refractivity contribution in [3.63, 3.8) is 0 Å². The lowest BCUT2D eigenvalue weighted by Gasteiger charge is -2.45. The molecular weight excluding hydrogens is 1560 g/mol. The second-order valence-corrected chi connectivity index (χ2v) is 40.4. The summed E-state index contributed by atoms with van der Waals surface area (Å²) in [6.45, 7) is 33.9. The number of benzene rings is 17. The van der Waals surface area contributed by atoms with Crippen molar-refractivity contribution in [2.24, 2.45) is 0 Å². The second kappa shape index (κ2) is 30.1. The molecule has 6 nitrogen and oxygen atoms in total. The fourth-order valence-electron chi connectivity index (χ4n) is 20.1. The largest absolute Gasteiger partial charge is 0.311 e. The van der Waals surface area contributed by atoms with E-state index in [4.69, 9.17) is 4.11 Å². The minimum atomic E-state index is -0.545. The van der Waals surface area contributed by atoms with E-state index in [0.717, 1.165) is 145 Å². The van der Waals surface area contributed by atoms with Crippen molar-refractivity contribution in [3.05, 3.63) is 404 Å². The molecule has 0 atom stereocenters. The highest BCUT2D eigenvalue weighted by Crippen LogP contribution is 2.55. The molecule has 0 radical (unpaired) electrons. The SMILES string of the molecule is [2H]c1c([2H])c([2H])c(N(c2ccccc2)c2ccc3c(c2)c2c([2H])c([2H])c([2H])c([2H])c2n3-c2ccc3c(c2)N(c2c(-c4ccccc4)cc(C(C)(C)C)cc2-c2ccccc2)c2cc(-n4c5ccc(C(C)(C)C)cc5c5cc(C(C)(C)C)ccc54)cc4c2B3c2ccc(-n3c5ccc(C(C)(C)C)cc5c5cc(C(C)(C)C)ccc53)cc2N4c2cc(-c3ccccc3)cc(-c3ccccc3)c2)c([2H])c1[2H]. The number of rotatable bonds is 12. The van der Waals surface area contributed by atoms with Gasteiger partial charge in [0, 0.05) is 100 Å². The van der Waals surface area contributed by atoms with Gasteiger partial charge in [-0.2, -0.15) is 0 Å². The Balaban J connectivity index is 0.929. The van der Waals surface area contributed by atoms with E-state index in [0.29, 0.717) is 28.0 Å². The smallest absolute Gasteiger partial charge is 0.252 e. The number of hydrogen-bond donors (Lipinski definition) is 0. The lowest BCUT2D eigenvalue weighted by Crippen LogP contribution is -2.61. The van der Waals surface area contributed by atoms with Crippen LogP contribution in [-0.2, 0) is 27.1 Å². The van der Waals surface area contributed by atoms with E-state index in [-0.39, 0.29) is 55.8 Å². The molecule has 628 valence electrons. The first-order valence-corrected chi connectivity index (χ1v) is 45.2. The minimum Gasteiger partial charge on any atom is -0.311 e. The molecule has 2 aliphatic heterocycles. The topological polar surface area (TPSA) is 24.5 Å². The molecule has 0 N–H and O–H groups in total. The molecule has 0 bridgehead atoms. The molecule has 7 heteroatoms. The van der Waals surface area contributed by atoms with E-state index < -0.39 is 49.0 Å². The van der Waals surface area contributed by atoms with Crippen LogP contribution in [-0.4, -0.2) is 20.4 Å². The Kier molecular flexibility index (Phi) is 16.5. The molecule has 0 saturated heterocycles. The summed E-state index contributed by atoms with van der Waals surface area (Å²) in [7, 11) is 0. The number of hydrogen-bond acceptors (Lipinski definition) is 3. The maximum atomic E-state index is 10.4. The molecule has 20 aromatic rings. The fourth-order valence-corrected chi connectivity index (χ4v) is 20.1. The van der Waals surface area contributed by atoms with E-state index in [1.807, 2.05) is 53.1 Å². The van der Waals surface area contributed by atoms with Crippen molar-refractivity contribution in [1.29, 1.82) is 0 Å². The molecule has 0 aliphatic carbocycles. The van der Waals surface area contributed by atoms with E-state index in [9.17, 15) is 8.22 Å². The summed E-state index contributed by atoms with van der Waals surface area (Å²) in [4.78, 5) is 6.80. The fraction of sp³-hybridized carbons (Fsp3) is 0.164. The van der Waals surface area contributed by atoms with Crippen LogP contribution in [0.1, 0.15) is 144 Å². The Labute approximate surface area is 772 Å². The van der Waals surface area contributed by atoms with Gasteiger partial charge in [0.05, 0.1) is 56.8 Å². The molecule has 17 aromatic carbocycles. The van der Waals surface area contributed by atoms with Gasteiger partial charge in [-0.1, -0.05) is 316 Å². The Morgan fingerprint density at radius 2 is 0.605 bits per heavy atom. The van der Waals surface area contributed by atoms with Crippen LogP contribution >= 0.6 is 0 Å². The third-order valence-electron chi connectivity index (χ3n) is 26.9. The van der Waals surface area contributed by atoms with Gasteiger partial charge in [0.1, 0.15) is 0 Å². The van der Waals surface area contributed by atoms with Crippen LogP contribution in [0.2, 0.25) is 0 Å². The van der Waals surface area contributed by atoms with Crippen LogP contribution in [0.4, 0.5) is 51.2 Å². The van der Waals surface area contributed by atoms with E-state index in [1.165, 1.54) is 33.0 Å². The third kappa shape index (κ3) is 13.7. The van der Waals surface area contributed by atoms with Gasteiger partial charge in [0.2, 0.25) is 0 Å². The van der Waals surface area contributed by atoms with Gasteiger partial charge in [-0.15, -0.1) is 0 Å². The predicted molar refractivity (Wildman–Crippen MR) is 553 cm³/mol. The van der Waals surface area contributed by atoms with Crippen LogP contribution < -0.4 is 31.1 Å². The zero-order chi connectivity index (χ0) is 96.3. The summed E-state index contributed by atoms with van der Waals surface area (Å²) < 4.78 is 92.9. The van der Waals surface area contributed by atoms with Crippen LogP contribution in [0.25, 0.3) is 127 Å². The average Bonchev–Trinajstić information content (AvgIpc) is 0.996. The summed E-state index contributed by atoms with van der Waals surface area (Å²) in [5, 5.41) is 5.31. The zero-order valence-electron chi connectivity index (χ0n) is 84.9. The van der Waals surface area contributed by atoms with Crippen LogP contribution in [0.5, 0.6) is 0 Å². The maximum Gasteiger partial charge on any atom is 0.252 e. The zero-order valence-corrected chi connectivity index (χ0v) is 75.9. The Hall–Kier alpha value is -14.4. The minimum absolute atomic E-state index is 0.0845. The molecule has 0 amide bonds. The van der Waals surface area contributed by atoms with Crippen molar-refractivity contribution in [2.45, 2.75) is 131 Å². The second-order valence-electron chi connectivity index (χ2n) is 40.4. The van der Waals surface area contributed by atoms with Gasteiger partial charge < -0.3 is 28.4 Å². The highest BCUT2D eigenvalue weighted by molar-refractivity contribution is 7.00. The van der Waals surface area contributed by atoms with Gasteiger partial charge in [-0.3, -0.25) is 0 Å². The standard InChI is InChI=1S/C122H107BN6/c1-118(2,3)84-50-59-107-99(67-84)100-68-85(119(4,5)6)51-60-108(100)126(107)92-54-57-104-112(74-92)128(94-65-82(78-36-22-16-23-37-78)64-83(66-94)79-38-24-17-25-39-79)114-76-95(127-109-61-52-86(120(7,8)9)69-101(109)102-70-87(121(10,11)12)53-62-110(102)127)77-115-116(114)123(104)105-58-55-93(75-113(105)129(115)117-97(80-40-26-18-27-41-80)71-88(122(13,14)15)72-98(117)81-42-28-19-29-43-81)125-106-49-35-34-48-96(106)103-73-91(56-63-111(103)125)124(89-44-30-20-31-45-89)90-46-32-21-33-47-90/h16-77H,1-15H3/i20D,30D,31D,34D,35D,44D,45D,48D,49D. The lowest BCUT2D eigenvalue weighted by atomic mass is 9.33. The van der Waals surface area contributed by atoms with Crippen molar-refractivity contribution >= 4 is 140 Å². The summed E-state index contributed by atoms with van der Waals surface area (Å²) >= 11 is 0. The summed E-state index contributed by atoms with van der Waals surface area (Å²) in [5.41, 5.74) is 30.0. The number of fused-ring (bicyclic) bond motifs is 13. The highest BCUT2D eigenvalue weighted by atomic mass is 15.2. The lowest BCUT2D eigenvalue weighted by molar-refractivity contribution is 0.590. The molecule has 3 aromatic heterocycles. The number of anilines is 9. The van der Waals surface area contributed by atoms with Crippen molar-refractivity contribution < 1.29 is 12.3 Å². The van der Waals surface area contributed by atoms with Gasteiger partial charge in [-0.05, 0) is 268 Å². The molecule has 0 unspecified atom stereocenters. The van der Waals surface area contributed by atoms with Gasteiger partial charge >= 0.3 is 0 Å². The predicted octanol–water partition coefficient (Wildman–Crippen LogP) is 31.7. The number of aromatic nitrogens is 3. The summed E-state index contributed by atoms with van der Waals surface area (Å²) in [6.07, 6.45) is 0. The first kappa shape index (κ1) is 70.7. The van der Waals surface area contributed by atoms with Gasteiger partial charge in [-0.25, -0.2) is 0 Å². The molecule has 0 fully saturated rings. The summed E-state index contributed by atoms with van der Waals surface area (Å²) in [5.74, 6) is 0. The van der Waals surface area contributed by atoms with Crippen molar-refractivity contribution in [1.82, 2.24) is 13.7 Å². The molecular formula is C122H107BN6. The van der Waals surface area contributed by atoms with Gasteiger partial charge in [0.25, 0.3) is 6.71 Å². The molecule has 129 heavy (non-hydrogen) atoms. The maximum absolute atomic E-state index is 10.4. The number of nitrogens with zero attached hydrogens (tertiary/aromatic N) is 6. The van der Waals surface area contributed by atoms with Crippen LogP contribution in [0.15, 0.2) is 376 Å². The van der Waals surface area contributed by atoms with E-state index >= 15 is 0 Å². The van der Waals surface area contributed by atoms with Crippen LogP contribution in [0.3, 0.4) is 0 Å². The molecule has 5 heterocycles. The summed E-state index contributed by atoms with van der Waals surface area (Å²) in [6, 6.07) is 113. The van der Waals surface area contributed by atoms with E-state index in [1.54, 1.807) is 4.90 Å². The third-order valence-corrected chi connectivity index (χ3v) is 26.9. The van der Waals surface area contributed by atoms with Crippen molar-refractivity contribution in [2.75, 3.05) is 14.7 Å².